The highest BCUT2D eigenvalue weighted by Crippen LogP contribution is 2.17. The van der Waals surface area contributed by atoms with Crippen molar-refractivity contribution in [1.29, 1.82) is 0 Å². The molecular formula is C15H15FN4O3S. The Morgan fingerprint density at radius 1 is 1.25 bits per heavy atom. The fourth-order valence-corrected chi connectivity index (χ4v) is 4.07. The molecule has 2 heterocycles. The van der Waals surface area contributed by atoms with Crippen LogP contribution in [-0.4, -0.2) is 41.8 Å². The quantitative estimate of drug-likeness (QED) is 0.861. The molecule has 9 heteroatoms. The van der Waals surface area contributed by atoms with E-state index in [1.54, 1.807) is 12.1 Å². The van der Waals surface area contributed by atoms with E-state index in [1.807, 2.05) is 0 Å². The monoisotopic (exact) mass is 350 g/mol. The average molecular weight is 350 g/mol. The first-order valence-corrected chi connectivity index (χ1v) is 9.11. The van der Waals surface area contributed by atoms with Crippen molar-refractivity contribution in [3.05, 3.63) is 48.0 Å². The fraction of sp³-hybridized carbons (Fsp3) is 0.267. The number of amides is 1. The van der Waals surface area contributed by atoms with E-state index in [4.69, 9.17) is 0 Å². The lowest BCUT2D eigenvalue weighted by molar-refractivity contribution is 0.0936. The maximum Gasteiger partial charge on any atom is 0.270 e. The number of sulfone groups is 1. The predicted molar refractivity (Wildman–Crippen MR) is 86.2 cm³/mol. The molecule has 1 fully saturated rings. The van der Waals surface area contributed by atoms with Gasteiger partial charge in [-0.25, -0.2) is 22.8 Å². The van der Waals surface area contributed by atoms with E-state index in [2.05, 4.69) is 20.6 Å². The molecule has 1 atom stereocenters. The van der Waals surface area contributed by atoms with Gasteiger partial charge < -0.3 is 10.6 Å². The highest BCUT2D eigenvalue weighted by molar-refractivity contribution is 7.91. The van der Waals surface area contributed by atoms with Crippen LogP contribution in [-0.2, 0) is 9.84 Å². The number of halogens is 1. The van der Waals surface area contributed by atoms with Crippen molar-refractivity contribution in [1.82, 2.24) is 15.3 Å². The summed E-state index contributed by atoms with van der Waals surface area (Å²) in [5.41, 5.74) is 0.269. The number of nitrogens with one attached hydrogen (secondary N) is 2. The molecule has 2 aromatic rings. The van der Waals surface area contributed by atoms with E-state index in [-0.39, 0.29) is 28.8 Å². The summed E-state index contributed by atoms with van der Waals surface area (Å²) < 4.78 is 36.5. The zero-order valence-corrected chi connectivity index (χ0v) is 13.4. The molecule has 1 aliphatic rings. The molecule has 1 saturated heterocycles. The van der Waals surface area contributed by atoms with Crippen molar-refractivity contribution in [2.45, 2.75) is 12.5 Å². The lowest BCUT2D eigenvalue weighted by atomic mass is 10.2. The van der Waals surface area contributed by atoms with Gasteiger partial charge in [0, 0.05) is 12.2 Å². The summed E-state index contributed by atoms with van der Waals surface area (Å²) >= 11 is 0. The van der Waals surface area contributed by atoms with Crippen LogP contribution < -0.4 is 10.6 Å². The normalized spacial score (nSPS) is 19.0. The van der Waals surface area contributed by atoms with Gasteiger partial charge in [-0.15, -0.1) is 0 Å². The third kappa shape index (κ3) is 3.85. The van der Waals surface area contributed by atoms with Gasteiger partial charge in [0.15, 0.2) is 9.84 Å². The van der Waals surface area contributed by atoms with E-state index < -0.39 is 27.6 Å². The van der Waals surface area contributed by atoms with Gasteiger partial charge in [-0.05, 0) is 24.6 Å². The molecule has 1 aromatic heterocycles. The maximum atomic E-state index is 13.6. The van der Waals surface area contributed by atoms with Crippen molar-refractivity contribution in [3.8, 4) is 0 Å². The number of para-hydroxylation sites is 1. The Morgan fingerprint density at radius 3 is 2.75 bits per heavy atom. The number of carbonyl (C=O) groups excluding carboxylic acids is 1. The van der Waals surface area contributed by atoms with Crippen LogP contribution in [0.4, 0.5) is 16.0 Å². The molecule has 3 rings (SSSR count). The molecular weight excluding hydrogens is 335 g/mol. The Balaban J connectivity index is 1.71. The molecule has 1 aromatic carbocycles. The van der Waals surface area contributed by atoms with E-state index in [9.17, 15) is 17.6 Å². The van der Waals surface area contributed by atoms with Crippen LogP contribution in [0.1, 0.15) is 16.9 Å². The minimum absolute atomic E-state index is 0.0653. The zero-order chi connectivity index (χ0) is 17.2. The van der Waals surface area contributed by atoms with E-state index in [0.29, 0.717) is 6.42 Å². The molecule has 0 aliphatic carbocycles. The molecule has 1 amide bonds. The third-order valence-corrected chi connectivity index (χ3v) is 5.34. The minimum atomic E-state index is -3.08. The second-order valence-electron chi connectivity index (χ2n) is 5.44. The van der Waals surface area contributed by atoms with Gasteiger partial charge in [-0.2, -0.15) is 0 Å². The minimum Gasteiger partial charge on any atom is -0.347 e. The molecule has 0 bridgehead atoms. The van der Waals surface area contributed by atoms with Crippen LogP contribution >= 0.6 is 0 Å². The summed E-state index contributed by atoms with van der Waals surface area (Å²) in [6.07, 6.45) is 1.76. The highest BCUT2D eigenvalue weighted by Gasteiger charge is 2.29. The van der Waals surface area contributed by atoms with Crippen LogP contribution in [0.15, 0.2) is 36.5 Å². The number of carbonyl (C=O) groups is 1. The van der Waals surface area contributed by atoms with Gasteiger partial charge in [0.1, 0.15) is 11.5 Å². The van der Waals surface area contributed by atoms with Crippen molar-refractivity contribution >= 4 is 27.4 Å². The fourth-order valence-electron chi connectivity index (χ4n) is 2.40. The van der Waals surface area contributed by atoms with Gasteiger partial charge >= 0.3 is 0 Å². The number of nitrogens with zero attached hydrogens (tertiary/aromatic N) is 2. The molecule has 126 valence electrons. The lowest BCUT2D eigenvalue weighted by Gasteiger charge is -2.11. The highest BCUT2D eigenvalue weighted by atomic mass is 32.2. The van der Waals surface area contributed by atoms with Crippen LogP contribution in [0.3, 0.4) is 0 Å². The standard InChI is InChI=1S/C15H15FN4O3S/c16-11-3-1-2-4-12(11)19-15-17-7-5-13(20-15)14(21)18-10-6-8-24(22,23)9-10/h1-5,7,10H,6,8-9H2,(H,18,21)(H,17,19,20). The molecule has 1 unspecified atom stereocenters. The van der Waals surface area contributed by atoms with Crippen LogP contribution in [0, 0.1) is 5.82 Å². The molecule has 7 nitrogen and oxygen atoms in total. The molecule has 0 spiro atoms. The summed E-state index contributed by atoms with van der Waals surface area (Å²) in [4.78, 5) is 20.2. The smallest absolute Gasteiger partial charge is 0.270 e. The summed E-state index contributed by atoms with van der Waals surface area (Å²) in [6.45, 7) is 0. The summed E-state index contributed by atoms with van der Waals surface area (Å²) in [5.74, 6) is -0.874. The molecule has 0 saturated carbocycles. The molecule has 2 N–H and O–H groups in total. The number of hydrogen-bond acceptors (Lipinski definition) is 6. The number of hydrogen-bond donors (Lipinski definition) is 2. The largest absolute Gasteiger partial charge is 0.347 e. The summed E-state index contributed by atoms with van der Waals surface area (Å²) in [6, 6.07) is 7.02. The van der Waals surface area contributed by atoms with Crippen molar-refractivity contribution in [3.63, 3.8) is 0 Å². The second-order valence-corrected chi connectivity index (χ2v) is 7.67. The Kier molecular flexibility index (Phi) is 4.43. The van der Waals surface area contributed by atoms with E-state index >= 15 is 0 Å². The number of benzene rings is 1. The van der Waals surface area contributed by atoms with Crippen LogP contribution in [0.5, 0.6) is 0 Å². The number of rotatable bonds is 4. The third-order valence-electron chi connectivity index (χ3n) is 3.58. The summed E-state index contributed by atoms with van der Waals surface area (Å²) in [5, 5.41) is 5.34. The van der Waals surface area contributed by atoms with Crippen LogP contribution in [0.2, 0.25) is 0 Å². The first kappa shape index (κ1) is 16.3. The predicted octanol–water partition coefficient (Wildman–Crippen LogP) is 1.28. The van der Waals surface area contributed by atoms with Gasteiger partial charge in [0.05, 0.1) is 17.2 Å². The Hall–Kier alpha value is -2.55. The second kappa shape index (κ2) is 6.52. The van der Waals surface area contributed by atoms with Crippen molar-refractivity contribution in [2.75, 3.05) is 16.8 Å². The number of aromatic nitrogens is 2. The van der Waals surface area contributed by atoms with Crippen molar-refractivity contribution in [2.24, 2.45) is 0 Å². The van der Waals surface area contributed by atoms with Gasteiger partial charge in [0.2, 0.25) is 5.95 Å². The SMILES string of the molecule is O=C(NC1CCS(=O)(=O)C1)c1ccnc(Nc2ccccc2F)n1. The van der Waals surface area contributed by atoms with Gasteiger partial charge in [-0.1, -0.05) is 12.1 Å². The Morgan fingerprint density at radius 2 is 2.04 bits per heavy atom. The topological polar surface area (TPSA) is 101 Å². The summed E-state index contributed by atoms with van der Waals surface area (Å²) in [7, 11) is -3.08. The van der Waals surface area contributed by atoms with Crippen LogP contribution in [0.25, 0.3) is 0 Å². The Bertz CT molecular complexity index is 873. The molecule has 0 radical (unpaired) electrons. The molecule has 24 heavy (non-hydrogen) atoms. The van der Waals surface area contributed by atoms with Gasteiger partial charge in [0.25, 0.3) is 5.91 Å². The zero-order valence-electron chi connectivity index (χ0n) is 12.6. The first-order valence-electron chi connectivity index (χ1n) is 7.29. The average Bonchev–Trinajstić information content (AvgIpc) is 2.88. The molecule has 1 aliphatic heterocycles. The number of anilines is 2. The first-order chi connectivity index (χ1) is 11.4. The maximum absolute atomic E-state index is 13.6. The van der Waals surface area contributed by atoms with E-state index in [0.717, 1.165) is 0 Å². The van der Waals surface area contributed by atoms with E-state index in [1.165, 1.54) is 24.4 Å². The van der Waals surface area contributed by atoms with Gasteiger partial charge in [-0.3, -0.25) is 4.79 Å². The lowest BCUT2D eigenvalue weighted by Crippen LogP contribution is -2.36. The van der Waals surface area contributed by atoms with Crippen molar-refractivity contribution < 1.29 is 17.6 Å². The Labute approximate surface area is 138 Å².